The molecule has 1 fully saturated rings. The zero-order valence-corrected chi connectivity index (χ0v) is 14.6. The molecule has 24 heavy (non-hydrogen) atoms. The Bertz CT molecular complexity index is 621. The monoisotopic (exact) mass is 352 g/mol. The zero-order chi connectivity index (χ0) is 17.7. The van der Waals surface area contributed by atoms with Gasteiger partial charge in [0.25, 0.3) is 5.91 Å². The minimum atomic E-state index is -0.786. The number of anilines is 2. The quantitative estimate of drug-likeness (QED) is 0.628. The van der Waals surface area contributed by atoms with Gasteiger partial charge in [-0.15, -0.1) is 0 Å². The lowest BCUT2D eigenvalue weighted by Crippen LogP contribution is -2.26. The van der Waals surface area contributed by atoms with E-state index < -0.39 is 11.9 Å². The Balaban J connectivity index is 1.99. The van der Waals surface area contributed by atoms with E-state index in [1.165, 1.54) is 18.9 Å². The van der Waals surface area contributed by atoms with Crippen LogP contribution < -0.4 is 22.1 Å². The van der Waals surface area contributed by atoms with Crippen LogP contribution in [0.25, 0.3) is 0 Å². The van der Waals surface area contributed by atoms with Crippen molar-refractivity contribution in [1.82, 2.24) is 0 Å². The first-order valence-electron chi connectivity index (χ1n) is 8.21. The highest BCUT2D eigenvalue weighted by molar-refractivity contribution is 7.20. The number of carbonyl (C=O) groups is 3. The number of nitrogens with one attached hydrogen (secondary N) is 2. The van der Waals surface area contributed by atoms with Crippen LogP contribution in [0.2, 0.25) is 0 Å². The Kier molecular flexibility index (Phi) is 6.19. The van der Waals surface area contributed by atoms with Gasteiger partial charge >= 0.3 is 6.03 Å². The van der Waals surface area contributed by atoms with Gasteiger partial charge in [0.15, 0.2) is 0 Å². The number of thiophene rings is 1. The fourth-order valence-electron chi connectivity index (χ4n) is 3.19. The second-order valence-corrected chi connectivity index (χ2v) is 7.25. The van der Waals surface area contributed by atoms with Crippen molar-refractivity contribution in [2.75, 3.05) is 10.6 Å². The largest absolute Gasteiger partial charge is 0.366 e. The molecule has 1 saturated carbocycles. The fourth-order valence-corrected chi connectivity index (χ4v) is 4.15. The minimum Gasteiger partial charge on any atom is -0.366 e. The average Bonchev–Trinajstić information content (AvgIpc) is 2.90. The summed E-state index contributed by atoms with van der Waals surface area (Å²) in [4.78, 5) is 34.8. The standard InChI is InChI=1S/C16H24N4O3S/c1-2-3-9-4-6-10(7-5-9)14(22)19-12-8-11(13(17)21)15(24-12)20-16(18)23/h8-10H,2-7H2,1H3,(H2,17,21)(H,19,22)(H3,18,20,23). The van der Waals surface area contributed by atoms with Crippen molar-refractivity contribution in [1.29, 1.82) is 0 Å². The molecule has 0 saturated heterocycles. The first-order valence-corrected chi connectivity index (χ1v) is 9.03. The molecule has 1 aromatic heterocycles. The van der Waals surface area contributed by atoms with Gasteiger partial charge in [-0.2, -0.15) is 0 Å². The Morgan fingerprint density at radius 3 is 2.38 bits per heavy atom. The van der Waals surface area contributed by atoms with E-state index in [0.29, 0.717) is 5.00 Å². The van der Waals surface area contributed by atoms with Gasteiger partial charge in [-0.3, -0.25) is 14.9 Å². The predicted octanol–water partition coefficient (Wildman–Crippen LogP) is 2.88. The van der Waals surface area contributed by atoms with Crippen LogP contribution in [-0.4, -0.2) is 17.8 Å². The Morgan fingerprint density at radius 2 is 1.83 bits per heavy atom. The number of amides is 4. The molecule has 0 aliphatic heterocycles. The number of hydrogen-bond donors (Lipinski definition) is 4. The molecule has 7 nitrogen and oxygen atoms in total. The molecular weight excluding hydrogens is 328 g/mol. The van der Waals surface area contributed by atoms with Gasteiger partial charge in [0, 0.05) is 5.92 Å². The summed E-state index contributed by atoms with van der Waals surface area (Å²) in [6, 6.07) is 0.685. The number of primary amides is 2. The number of hydrogen-bond acceptors (Lipinski definition) is 4. The predicted molar refractivity (Wildman–Crippen MR) is 95.0 cm³/mol. The third kappa shape index (κ3) is 4.70. The summed E-state index contributed by atoms with van der Waals surface area (Å²) in [6.45, 7) is 2.18. The van der Waals surface area contributed by atoms with Gasteiger partial charge < -0.3 is 16.8 Å². The SMILES string of the molecule is CCCC1CCC(C(=O)Nc2cc(C(N)=O)c(NC(N)=O)s2)CC1. The van der Waals surface area contributed by atoms with E-state index in [0.717, 1.165) is 42.9 Å². The Morgan fingerprint density at radius 1 is 1.17 bits per heavy atom. The van der Waals surface area contributed by atoms with Crippen LogP contribution in [0.3, 0.4) is 0 Å². The molecule has 0 bridgehead atoms. The van der Waals surface area contributed by atoms with Gasteiger partial charge in [0.05, 0.1) is 10.6 Å². The highest BCUT2D eigenvalue weighted by Gasteiger charge is 2.26. The molecule has 1 aliphatic rings. The molecule has 1 aromatic rings. The molecule has 8 heteroatoms. The van der Waals surface area contributed by atoms with E-state index in [9.17, 15) is 14.4 Å². The van der Waals surface area contributed by atoms with Crippen molar-refractivity contribution in [3.63, 3.8) is 0 Å². The second-order valence-electron chi connectivity index (χ2n) is 6.20. The van der Waals surface area contributed by atoms with E-state index >= 15 is 0 Å². The lowest BCUT2D eigenvalue weighted by molar-refractivity contribution is -0.121. The van der Waals surface area contributed by atoms with Gasteiger partial charge in [-0.1, -0.05) is 31.1 Å². The summed E-state index contributed by atoms with van der Waals surface area (Å²) in [5.41, 5.74) is 10.5. The van der Waals surface area contributed by atoms with E-state index in [-0.39, 0.29) is 22.4 Å². The van der Waals surface area contributed by atoms with E-state index in [2.05, 4.69) is 17.6 Å². The lowest BCUT2D eigenvalue weighted by atomic mass is 9.80. The van der Waals surface area contributed by atoms with Gasteiger partial charge in [-0.25, -0.2) is 4.79 Å². The normalized spacial score (nSPS) is 20.4. The molecule has 0 radical (unpaired) electrons. The highest BCUT2D eigenvalue weighted by Crippen LogP contribution is 2.35. The van der Waals surface area contributed by atoms with E-state index in [4.69, 9.17) is 11.5 Å². The van der Waals surface area contributed by atoms with Crippen LogP contribution in [0.4, 0.5) is 14.8 Å². The number of urea groups is 1. The maximum Gasteiger partial charge on any atom is 0.317 e. The molecule has 0 atom stereocenters. The van der Waals surface area contributed by atoms with Crippen LogP contribution >= 0.6 is 11.3 Å². The summed E-state index contributed by atoms with van der Waals surface area (Å²) in [6.07, 6.45) is 6.34. The van der Waals surface area contributed by atoms with Crippen molar-refractivity contribution >= 4 is 39.2 Å². The zero-order valence-electron chi connectivity index (χ0n) is 13.8. The maximum atomic E-state index is 12.4. The van der Waals surface area contributed by atoms with Crippen molar-refractivity contribution < 1.29 is 14.4 Å². The van der Waals surface area contributed by atoms with Crippen LogP contribution in [-0.2, 0) is 4.79 Å². The summed E-state index contributed by atoms with van der Waals surface area (Å²) in [7, 11) is 0. The van der Waals surface area contributed by atoms with Crippen molar-refractivity contribution in [2.45, 2.75) is 45.4 Å². The van der Waals surface area contributed by atoms with Gasteiger partial charge in [0.2, 0.25) is 5.91 Å². The lowest BCUT2D eigenvalue weighted by Gasteiger charge is -2.27. The smallest absolute Gasteiger partial charge is 0.317 e. The summed E-state index contributed by atoms with van der Waals surface area (Å²) in [5, 5.41) is 5.91. The molecule has 1 heterocycles. The fraction of sp³-hybridized carbons (Fsp3) is 0.562. The molecule has 0 aromatic carbocycles. The van der Waals surface area contributed by atoms with E-state index in [1.54, 1.807) is 0 Å². The molecule has 0 unspecified atom stereocenters. The van der Waals surface area contributed by atoms with Crippen molar-refractivity contribution in [3.05, 3.63) is 11.6 Å². The Labute approximate surface area is 145 Å². The average molecular weight is 352 g/mol. The van der Waals surface area contributed by atoms with Crippen molar-refractivity contribution in [2.24, 2.45) is 23.3 Å². The molecule has 0 spiro atoms. The number of nitrogens with two attached hydrogens (primary N) is 2. The first kappa shape index (κ1) is 18.3. The van der Waals surface area contributed by atoms with Gasteiger partial charge in [-0.05, 0) is 37.7 Å². The highest BCUT2D eigenvalue weighted by atomic mass is 32.1. The summed E-state index contributed by atoms with van der Waals surface area (Å²) >= 11 is 1.07. The summed E-state index contributed by atoms with van der Waals surface area (Å²) < 4.78 is 0. The second kappa shape index (κ2) is 8.14. The van der Waals surface area contributed by atoms with Crippen LogP contribution in [0.1, 0.15) is 55.8 Å². The van der Waals surface area contributed by atoms with Crippen LogP contribution in [0, 0.1) is 11.8 Å². The number of rotatable bonds is 6. The van der Waals surface area contributed by atoms with Crippen LogP contribution in [0.5, 0.6) is 0 Å². The topological polar surface area (TPSA) is 127 Å². The molecule has 2 rings (SSSR count). The first-order chi connectivity index (χ1) is 11.4. The minimum absolute atomic E-state index is 0.00946. The molecule has 4 amide bonds. The van der Waals surface area contributed by atoms with Gasteiger partial charge in [0.1, 0.15) is 5.00 Å². The van der Waals surface area contributed by atoms with Crippen LogP contribution in [0.15, 0.2) is 6.07 Å². The number of carbonyl (C=O) groups excluding carboxylic acids is 3. The molecule has 132 valence electrons. The van der Waals surface area contributed by atoms with Crippen molar-refractivity contribution in [3.8, 4) is 0 Å². The third-order valence-electron chi connectivity index (χ3n) is 4.40. The molecule has 1 aliphatic carbocycles. The molecule has 6 N–H and O–H groups in total. The Hall–Kier alpha value is -2.09. The van der Waals surface area contributed by atoms with E-state index in [1.807, 2.05) is 0 Å². The third-order valence-corrected chi connectivity index (χ3v) is 5.36. The summed E-state index contributed by atoms with van der Waals surface area (Å²) in [5.74, 6) is -0.0122. The maximum absolute atomic E-state index is 12.4. The molecular formula is C16H24N4O3S.